The highest BCUT2D eigenvalue weighted by Gasteiger charge is 2.07. The standard InChI is InChI=1S/C16H14BrFN2O2/c1-11-2-4-12(5-3-11)9-19-22-10-16(21)20-15-7-6-13(17)8-14(15)18/h2-9H,10H2,1H3,(H,20,21)/b19-9-. The van der Waals surface area contributed by atoms with Gasteiger partial charge in [0, 0.05) is 4.47 Å². The quantitative estimate of drug-likeness (QED) is 0.646. The molecule has 2 rings (SSSR count). The first kappa shape index (κ1) is 16.2. The van der Waals surface area contributed by atoms with Gasteiger partial charge < -0.3 is 10.2 Å². The van der Waals surface area contributed by atoms with Gasteiger partial charge in [-0.2, -0.15) is 0 Å². The topological polar surface area (TPSA) is 50.7 Å². The number of carbonyl (C=O) groups is 1. The summed E-state index contributed by atoms with van der Waals surface area (Å²) in [5.41, 5.74) is 2.11. The summed E-state index contributed by atoms with van der Waals surface area (Å²) in [5, 5.41) is 6.11. The first-order valence-electron chi connectivity index (χ1n) is 6.51. The highest BCUT2D eigenvalue weighted by Crippen LogP contribution is 2.19. The molecule has 0 aliphatic carbocycles. The van der Waals surface area contributed by atoms with E-state index < -0.39 is 11.7 Å². The van der Waals surface area contributed by atoms with Crippen LogP contribution in [0, 0.1) is 12.7 Å². The zero-order valence-corrected chi connectivity index (χ0v) is 13.4. The van der Waals surface area contributed by atoms with Crippen LogP contribution in [0.4, 0.5) is 10.1 Å². The number of anilines is 1. The lowest BCUT2D eigenvalue weighted by molar-refractivity contribution is -0.120. The smallest absolute Gasteiger partial charge is 0.265 e. The molecular weight excluding hydrogens is 351 g/mol. The average Bonchev–Trinajstić information content (AvgIpc) is 2.48. The van der Waals surface area contributed by atoms with Gasteiger partial charge >= 0.3 is 0 Å². The Hall–Kier alpha value is -2.21. The Morgan fingerprint density at radius 3 is 2.73 bits per heavy atom. The molecule has 0 aliphatic rings. The molecule has 0 bridgehead atoms. The summed E-state index contributed by atoms with van der Waals surface area (Å²) < 4.78 is 14.1. The summed E-state index contributed by atoms with van der Waals surface area (Å²) in [6.07, 6.45) is 1.51. The Labute approximate surface area is 136 Å². The molecule has 0 heterocycles. The molecule has 1 N–H and O–H groups in total. The Morgan fingerprint density at radius 2 is 2.05 bits per heavy atom. The van der Waals surface area contributed by atoms with Gasteiger partial charge in [0.05, 0.1) is 11.9 Å². The molecule has 1 amide bonds. The summed E-state index contributed by atoms with van der Waals surface area (Å²) >= 11 is 3.14. The highest BCUT2D eigenvalue weighted by atomic mass is 79.9. The highest BCUT2D eigenvalue weighted by molar-refractivity contribution is 9.10. The molecule has 114 valence electrons. The number of amides is 1. The zero-order chi connectivity index (χ0) is 15.9. The Kier molecular flexibility index (Phi) is 5.66. The molecule has 0 saturated heterocycles. The summed E-state index contributed by atoms with van der Waals surface area (Å²) in [6.45, 7) is 1.70. The number of oxime groups is 1. The van der Waals surface area contributed by atoms with E-state index in [2.05, 4.69) is 26.4 Å². The third-order valence-corrected chi connectivity index (χ3v) is 3.25. The van der Waals surface area contributed by atoms with Crippen molar-refractivity contribution < 1.29 is 14.0 Å². The summed E-state index contributed by atoms with van der Waals surface area (Å²) in [6, 6.07) is 12.0. The molecule has 0 atom stereocenters. The minimum Gasteiger partial charge on any atom is -0.386 e. The van der Waals surface area contributed by atoms with Crippen LogP contribution in [0.15, 0.2) is 52.1 Å². The van der Waals surface area contributed by atoms with Crippen LogP contribution >= 0.6 is 15.9 Å². The van der Waals surface area contributed by atoms with Crippen molar-refractivity contribution in [3.8, 4) is 0 Å². The summed E-state index contributed by atoms with van der Waals surface area (Å²) in [4.78, 5) is 16.5. The molecule has 0 saturated carbocycles. The van der Waals surface area contributed by atoms with E-state index in [0.29, 0.717) is 4.47 Å². The van der Waals surface area contributed by atoms with Crippen LogP contribution in [-0.4, -0.2) is 18.7 Å². The van der Waals surface area contributed by atoms with Gasteiger partial charge in [-0.15, -0.1) is 0 Å². The van der Waals surface area contributed by atoms with Gasteiger partial charge in [-0.05, 0) is 30.7 Å². The van der Waals surface area contributed by atoms with Gasteiger partial charge in [0.25, 0.3) is 5.91 Å². The van der Waals surface area contributed by atoms with E-state index in [1.165, 1.54) is 18.3 Å². The summed E-state index contributed by atoms with van der Waals surface area (Å²) in [5.74, 6) is -1.01. The lowest BCUT2D eigenvalue weighted by Gasteiger charge is -2.05. The van der Waals surface area contributed by atoms with Gasteiger partial charge in [0.1, 0.15) is 5.82 Å². The first-order chi connectivity index (χ1) is 10.5. The van der Waals surface area contributed by atoms with Gasteiger partial charge in [0.15, 0.2) is 6.61 Å². The maximum atomic E-state index is 13.5. The molecule has 0 radical (unpaired) electrons. The molecular formula is C16H14BrFN2O2. The lowest BCUT2D eigenvalue weighted by Crippen LogP contribution is -2.17. The number of hydrogen-bond acceptors (Lipinski definition) is 3. The number of benzene rings is 2. The van der Waals surface area contributed by atoms with Crippen LogP contribution in [0.1, 0.15) is 11.1 Å². The molecule has 4 nitrogen and oxygen atoms in total. The van der Waals surface area contributed by atoms with E-state index in [0.717, 1.165) is 11.1 Å². The average molecular weight is 365 g/mol. The third kappa shape index (κ3) is 4.96. The summed E-state index contributed by atoms with van der Waals surface area (Å²) in [7, 11) is 0. The molecule has 0 spiro atoms. The Morgan fingerprint density at radius 1 is 1.32 bits per heavy atom. The maximum Gasteiger partial charge on any atom is 0.265 e. The molecule has 2 aromatic rings. The van der Waals surface area contributed by atoms with Crippen molar-refractivity contribution in [2.24, 2.45) is 5.16 Å². The molecule has 6 heteroatoms. The van der Waals surface area contributed by atoms with E-state index in [1.54, 1.807) is 6.07 Å². The second-order valence-corrected chi connectivity index (χ2v) is 5.51. The SMILES string of the molecule is Cc1ccc(/C=N\OCC(=O)Nc2ccc(Br)cc2F)cc1. The maximum absolute atomic E-state index is 13.5. The van der Waals surface area contributed by atoms with Crippen molar-refractivity contribution in [2.75, 3.05) is 11.9 Å². The van der Waals surface area contributed by atoms with Crippen LogP contribution in [0.2, 0.25) is 0 Å². The fourth-order valence-corrected chi connectivity index (χ4v) is 1.96. The number of hydrogen-bond donors (Lipinski definition) is 1. The fourth-order valence-electron chi connectivity index (χ4n) is 1.62. The first-order valence-corrected chi connectivity index (χ1v) is 7.31. The van der Waals surface area contributed by atoms with Crippen LogP contribution in [0.25, 0.3) is 0 Å². The minimum atomic E-state index is -0.522. The van der Waals surface area contributed by atoms with Gasteiger partial charge in [0.2, 0.25) is 0 Å². The number of carbonyl (C=O) groups excluding carboxylic acids is 1. The van der Waals surface area contributed by atoms with Gasteiger partial charge in [-0.25, -0.2) is 4.39 Å². The third-order valence-electron chi connectivity index (χ3n) is 2.75. The molecule has 2 aromatic carbocycles. The lowest BCUT2D eigenvalue weighted by atomic mass is 10.2. The van der Waals surface area contributed by atoms with Crippen molar-refractivity contribution in [1.82, 2.24) is 0 Å². The van der Waals surface area contributed by atoms with Crippen molar-refractivity contribution in [2.45, 2.75) is 6.92 Å². The number of rotatable bonds is 5. The van der Waals surface area contributed by atoms with E-state index in [4.69, 9.17) is 4.84 Å². The van der Waals surface area contributed by atoms with Crippen LogP contribution in [0.3, 0.4) is 0 Å². The van der Waals surface area contributed by atoms with E-state index in [1.807, 2.05) is 31.2 Å². The van der Waals surface area contributed by atoms with Gasteiger partial charge in [-0.1, -0.05) is 50.9 Å². The Balaban J connectivity index is 1.81. The van der Waals surface area contributed by atoms with Crippen molar-refractivity contribution in [1.29, 1.82) is 0 Å². The number of aryl methyl sites for hydroxylation is 1. The van der Waals surface area contributed by atoms with Crippen molar-refractivity contribution in [3.63, 3.8) is 0 Å². The predicted molar refractivity (Wildman–Crippen MR) is 87.5 cm³/mol. The number of nitrogens with one attached hydrogen (secondary N) is 1. The van der Waals surface area contributed by atoms with Crippen LogP contribution in [-0.2, 0) is 9.63 Å². The second-order valence-electron chi connectivity index (χ2n) is 4.59. The molecule has 0 aliphatic heterocycles. The van der Waals surface area contributed by atoms with E-state index in [9.17, 15) is 9.18 Å². The second kappa shape index (κ2) is 7.70. The van der Waals surface area contributed by atoms with Gasteiger partial charge in [-0.3, -0.25) is 4.79 Å². The Bertz CT molecular complexity index is 687. The van der Waals surface area contributed by atoms with E-state index >= 15 is 0 Å². The van der Waals surface area contributed by atoms with Crippen LogP contribution in [0.5, 0.6) is 0 Å². The number of nitrogens with zero attached hydrogens (tertiary/aromatic N) is 1. The monoisotopic (exact) mass is 364 g/mol. The van der Waals surface area contributed by atoms with Crippen molar-refractivity contribution >= 4 is 33.7 Å². The normalized spacial score (nSPS) is 10.7. The van der Waals surface area contributed by atoms with Crippen molar-refractivity contribution in [3.05, 3.63) is 63.9 Å². The molecule has 22 heavy (non-hydrogen) atoms. The zero-order valence-electron chi connectivity index (χ0n) is 11.8. The van der Waals surface area contributed by atoms with E-state index in [-0.39, 0.29) is 12.3 Å². The molecule has 0 unspecified atom stereocenters. The predicted octanol–water partition coefficient (Wildman–Crippen LogP) is 3.89. The fraction of sp³-hybridized carbons (Fsp3) is 0.125. The molecule has 0 fully saturated rings. The van der Waals surface area contributed by atoms with Crippen LogP contribution < -0.4 is 5.32 Å². The molecule has 0 aromatic heterocycles. The minimum absolute atomic E-state index is 0.0966. The number of halogens is 2. The largest absolute Gasteiger partial charge is 0.386 e.